The summed E-state index contributed by atoms with van der Waals surface area (Å²) in [6, 6.07) is 13.8. The highest BCUT2D eigenvalue weighted by Crippen LogP contribution is 2.30. The van der Waals surface area contributed by atoms with Gasteiger partial charge in [-0.05, 0) is 50.2 Å². The molecule has 2 aromatic carbocycles. The maximum Gasteiger partial charge on any atom is 0.248 e. The van der Waals surface area contributed by atoms with Crippen LogP contribution in [0.2, 0.25) is 0 Å². The van der Waals surface area contributed by atoms with Gasteiger partial charge < -0.3 is 25.9 Å². The van der Waals surface area contributed by atoms with E-state index in [9.17, 15) is 4.79 Å². The second-order valence-corrected chi connectivity index (χ2v) is 7.97. The van der Waals surface area contributed by atoms with Gasteiger partial charge in [-0.1, -0.05) is 6.07 Å². The molecule has 0 aliphatic rings. The van der Waals surface area contributed by atoms with Crippen molar-refractivity contribution in [3.8, 4) is 11.4 Å². The van der Waals surface area contributed by atoms with Crippen LogP contribution in [-0.4, -0.2) is 39.3 Å². The zero-order valence-corrected chi connectivity index (χ0v) is 18.9. The molecule has 8 nitrogen and oxygen atoms in total. The molecule has 5 N–H and O–H groups in total. The van der Waals surface area contributed by atoms with E-state index in [0.29, 0.717) is 5.56 Å². The first-order valence-corrected chi connectivity index (χ1v) is 10.6. The van der Waals surface area contributed by atoms with E-state index in [1.54, 1.807) is 31.7 Å². The number of aliphatic imine (C=N–C) groups is 1. The van der Waals surface area contributed by atoms with Crippen molar-refractivity contribution in [1.29, 1.82) is 0 Å². The molecule has 0 aliphatic heterocycles. The van der Waals surface area contributed by atoms with Crippen molar-refractivity contribution in [1.82, 2.24) is 14.1 Å². The highest BCUT2D eigenvalue weighted by Gasteiger charge is 2.14. The molecule has 0 bridgehead atoms. The van der Waals surface area contributed by atoms with E-state index in [0.717, 1.165) is 39.2 Å². The summed E-state index contributed by atoms with van der Waals surface area (Å²) in [5, 5.41) is 4.48. The Morgan fingerprint density at radius 3 is 2.70 bits per heavy atom. The second kappa shape index (κ2) is 9.04. The monoisotopic (exact) mass is 441 g/mol. The first-order chi connectivity index (χ1) is 15.9. The van der Waals surface area contributed by atoms with Crippen LogP contribution in [0.15, 0.2) is 72.4 Å². The van der Waals surface area contributed by atoms with Crippen LogP contribution in [0.4, 0.5) is 5.69 Å². The zero-order chi connectivity index (χ0) is 23.5. The number of primary amides is 1. The van der Waals surface area contributed by atoms with Gasteiger partial charge in [-0.15, -0.1) is 0 Å². The van der Waals surface area contributed by atoms with Gasteiger partial charge in [-0.2, -0.15) is 0 Å². The number of imidazole rings is 1. The van der Waals surface area contributed by atoms with Gasteiger partial charge in [-0.3, -0.25) is 9.79 Å². The predicted octanol–water partition coefficient (Wildman–Crippen LogP) is 3.74. The van der Waals surface area contributed by atoms with Crippen LogP contribution >= 0.6 is 0 Å². The lowest BCUT2D eigenvalue weighted by molar-refractivity contribution is 0.100. The smallest absolute Gasteiger partial charge is 0.248 e. The Hall–Kier alpha value is -4.33. The van der Waals surface area contributed by atoms with Gasteiger partial charge in [0.25, 0.3) is 0 Å². The highest BCUT2D eigenvalue weighted by molar-refractivity contribution is 6.08. The van der Waals surface area contributed by atoms with Crippen LogP contribution in [0.1, 0.15) is 29.9 Å². The Bertz CT molecular complexity index is 1370. The van der Waals surface area contributed by atoms with Crippen LogP contribution < -0.4 is 16.8 Å². The minimum absolute atomic E-state index is 0.185. The molecule has 0 aliphatic carbocycles. The largest absolute Gasteiger partial charge is 0.404 e. The van der Waals surface area contributed by atoms with Gasteiger partial charge >= 0.3 is 0 Å². The third-order valence-corrected chi connectivity index (χ3v) is 5.30. The summed E-state index contributed by atoms with van der Waals surface area (Å²) in [5.41, 5.74) is 17.0. The summed E-state index contributed by atoms with van der Waals surface area (Å²) in [6.45, 7) is 4.10. The number of aromatic nitrogens is 3. The fourth-order valence-corrected chi connectivity index (χ4v) is 3.85. The number of nitrogens with two attached hydrogens (primary N) is 2. The molecule has 2 aromatic heterocycles. The molecular formula is C25H27N7O. The summed E-state index contributed by atoms with van der Waals surface area (Å²) in [6.07, 6.45) is 8.89. The van der Waals surface area contributed by atoms with E-state index in [2.05, 4.69) is 45.8 Å². The third-order valence-electron chi connectivity index (χ3n) is 5.30. The number of nitrogens with zero attached hydrogens (tertiary/aromatic N) is 4. The van der Waals surface area contributed by atoms with Crippen LogP contribution in [0, 0.1) is 0 Å². The van der Waals surface area contributed by atoms with E-state index in [-0.39, 0.29) is 6.04 Å². The van der Waals surface area contributed by atoms with E-state index >= 15 is 0 Å². The minimum Gasteiger partial charge on any atom is -0.404 e. The van der Waals surface area contributed by atoms with Gasteiger partial charge in [0.05, 0.1) is 34.6 Å². The van der Waals surface area contributed by atoms with Gasteiger partial charge in [-0.25, -0.2) is 4.98 Å². The van der Waals surface area contributed by atoms with Gasteiger partial charge in [0.15, 0.2) is 0 Å². The van der Waals surface area contributed by atoms with Crippen molar-refractivity contribution in [3.63, 3.8) is 0 Å². The van der Waals surface area contributed by atoms with Crippen molar-refractivity contribution < 1.29 is 4.79 Å². The second-order valence-electron chi connectivity index (χ2n) is 7.97. The number of allylic oxidation sites excluding steroid dienone is 1. The standard InChI is InChI=1S/C25H27N7O/c1-16(2)30-20-11-17(25(27)33)7-8-24(20)32-10-9-19-22(5-4-6-23(19)32)31-14-21(29-15-31)18(12-26)13-28-3/h4-16,30H,26H2,1-3H3,(H2,27,33). The number of anilines is 1. The van der Waals surface area contributed by atoms with Crippen molar-refractivity contribution in [2.45, 2.75) is 19.9 Å². The van der Waals surface area contributed by atoms with Crippen LogP contribution in [0.25, 0.3) is 27.9 Å². The van der Waals surface area contributed by atoms with Crippen molar-refractivity contribution in [2.75, 3.05) is 12.4 Å². The summed E-state index contributed by atoms with van der Waals surface area (Å²) in [7, 11) is 1.70. The maximum absolute atomic E-state index is 11.7. The Morgan fingerprint density at radius 2 is 2.00 bits per heavy atom. The number of hydrogen-bond acceptors (Lipinski definition) is 5. The predicted molar refractivity (Wildman–Crippen MR) is 134 cm³/mol. The molecular weight excluding hydrogens is 414 g/mol. The molecule has 0 unspecified atom stereocenters. The van der Waals surface area contributed by atoms with Gasteiger partial charge in [0, 0.05) is 54.4 Å². The van der Waals surface area contributed by atoms with E-state index in [1.165, 1.54) is 6.20 Å². The number of carbonyl (C=O) groups is 1. The Labute approximate surface area is 192 Å². The molecule has 8 heteroatoms. The number of nitrogens with one attached hydrogen (secondary N) is 1. The molecule has 0 radical (unpaired) electrons. The zero-order valence-electron chi connectivity index (χ0n) is 18.9. The molecule has 0 spiro atoms. The first-order valence-electron chi connectivity index (χ1n) is 10.6. The number of hydrogen-bond donors (Lipinski definition) is 3. The third kappa shape index (κ3) is 4.23. The Morgan fingerprint density at radius 1 is 1.18 bits per heavy atom. The molecule has 33 heavy (non-hydrogen) atoms. The first kappa shape index (κ1) is 21.9. The fraction of sp³-hybridized carbons (Fsp3) is 0.160. The Kier molecular flexibility index (Phi) is 5.99. The molecule has 0 saturated heterocycles. The van der Waals surface area contributed by atoms with Crippen molar-refractivity contribution in [3.05, 3.63) is 78.6 Å². The van der Waals surface area contributed by atoms with Crippen LogP contribution in [0.3, 0.4) is 0 Å². The van der Waals surface area contributed by atoms with Crippen molar-refractivity contribution >= 4 is 34.3 Å². The molecule has 2 heterocycles. The van der Waals surface area contributed by atoms with Gasteiger partial charge in [0.2, 0.25) is 5.91 Å². The lowest BCUT2D eigenvalue weighted by Crippen LogP contribution is -2.15. The summed E-state index contributed by atoms with van der Waals surface area (Å²) < 4.78 is 4.07. The molecule has 168 valence electrons. The number of amides is 1. The van der Waals surface area contributed by atoms with Crippen LogP contribution in [-0.2, 0) is 0 Å². The highest BCUT2D eigenvalue weighted by atomic mass is 16.1. The normalized spacial score (nSPS) is 12.2. The average molecular weight is 442 g/mol. The molecule has 0 fully saturated rings. The quantitative estimate of drug-likeness (QED) is 0.379. The SMILES string of the molecule is CN=CC(=CN)c1cn(-c2cccc3c2ccn3-c2ccc(C(N)=O)cc2NC(C)C)cn1. The van der Waals surface area contributed by atoms with E-state index < -0.39 is 5.91 Å². The lowest BCUT2D eigenvalue weighted by atomic mass is 10.1. The lowest BCUT2D eigenvalue weighted by Gasteiger charge is -2.17. The summed E-state index contributed by atoms with van der Waals surface area (Å²) in [4.78, 5) is 20.2. The van der Waals surface area contributed by atoms with Crippen molar-refractivity contribution in [2.24, 2.45) is 16.5 Å². The van der Waals surface area contributed by atoms with Crippen LogP contribution in [0.5, 0.6) is 0 Å². The van der Waals surface area contributed by atoms with Gasteiger partial charge in [0.1, 0.15) is 0 Å². The fourth-order valence-electron chi connectivity index (χ4n) is 3.85. The molecule has 1 amide bonds. The molecule has 0 saturated carbocycles. The minimum atomic E-state index is -0.456. The maximum atomic E-state index is 11.7. The average Bonchev–Trinajstić information content (AvgIpc) is 3.44. The van der Waals surface area contributed by atoms with E-state index in [1.807, 2.05) is 35.2 Å². The molecule has 4 rings (SSSR count). The summed E-state index contributed by atoms with van der Waals surface area (Å²) in [5.74, 6) is -0.456. The Balaban J connectivity index is 1.83. The summed E-state index contributed by atoms with van der Waals surface area (Å²) >= 11 is 0. The number of carbonyl (C=O) groups excluding carboxylic acids is 1. The molecule has 0 atom stereocenters. The number of rotatable bonds is 7. The molecule has 4 aromatic rings. The number of fused-ring (bicyclic) bond motifs is 1. The number of benzene rings is 2. The van der Waals surface area contributed by atoms with E-state index in [4.69, 9.17) is 11.5 Å². The topological polar surface area (TPSA) is 116 Å².